The second kappa shape index (κ2) is 5.53. The number of nitrogens with two attached hydrogens (primary N) is 1. The molecule has 1 aliphatic rings. The number of nitrogens with one attached hydrogen (secondary N) is 1. The molecule has 1 amide bonds. The summed E-state index contributed by atoms with van der Waals surface area (Å²) in [6.07, 6.45) is 3.99. The van der Waals surface area contributed by atoms with E-state index in [2.05, 4.69) is 24.4 Å². The second-order valence-electron chi connectivity index (χ2n) is 5.44. The van der Waals surface area contributed by atoms with E-state index >= 15 is 0 Å². The van der Waals surface area contributed by atoms with Gasteiger partial charge in [-0.2, -0.15) is 0 Å². The van der Waals surface area contributed by atoms with Gasteiger partial charge in [0.1, 0.15) is 0 Å². The lowest BCUT2D eigenvalue weighted by molar-refractivity contribution is -0.124. The van der Waals surface area contributed by atoms with Gasteiger partial charge in [0.25, 0.3) is 0 Å². The first-order chi connectivity index (χ1) is 8.65. The molecule has 0 saturated heterocycles. The summed E-state index contributed by atoms with van der Waals surface area (Å²) in [6.45, 7) is 3.31. The van der Waals surface area contributed by atoms with Gasteiger partial charge in [-0.1, -0.05) is 30.7 Å². The normalized spacial score (nSPS) is 17.0. The minimum absolute atomic E-state index is 0.0931. The maximum atomic E-state index is 11.9. The van der Waals surface area contributed by atoms with Gasteiger partial charge in [-0.25, -0.2) is 0 Å². The number of carbonyl (C=O) groups is 1. The Balaban J connectivity index is 1.83. The Morgan fingerprint density at radius 2 is 2.11 bits per heavy atom. The van der Waals surface area contributed by atoms with Gasteiger partial charge < -0.3 is 11.1 Å². The summed E-state index contributed by atoms with van der Waals surface area (Å²) in [5, 5.41) is 3.00. The van der Waals surface area contributed by atoms with Crippen molar-refractivity contribution in [2.45, 2.75) is 39.2 Å². The number of aryl methyl sites for hydroxylation is 1. The standard InChI is InChI=1S/C15H22N2O/c1-12-5-2-3-6-13(12)10-17-14(18)9-15(11-16)7-4-8-15/h2-3,5-6H,4,7-11,16H2,1H3,(H,17,18). The third kappa shape index (κ3) is 2.91. The molecule has 1 fully saturated rings. The van der Waals surface area contributed by atoms with E-state index in [4.69, 9.17) is 5.73 Å². The van der Waals surface area contributed by atoms with Gasteiger partial charge in [-0.05, 0) is 42.9 Å². The molecule has 0 atom stereocenters. The summed E-state index contributed by atoms with van der Waals surface area (Å²) in [5.41, 5.74) is 8.26. The van der Waals surface area contributed by atoms with Crippen LogP contribution in [-0.4, -0.2) is 12.5 Å². The van der Waals surface area contributed by atoms with Crippen molar-refractivity contribution in [2.24, 2.45) is 11.1 Å². The predicted molar refractivity (Wildman–Crippen MR) is 73.0 cm³/mol. The highest BCUT2D eigenvalue weighted by molar-refractivity contribution is 5.76. The van der Waals surface area contributed by atoms with Crippen molar-refractivity contribution >= 4 is 5.91 Å². The monoisotopic (exact) mass is 246 g/mol. The van der Waals surface area contributed by atoms with Crippen molar-refractivity contribution in [3.8, 4) is 0 Å². The Bertz CT molecular complexity index is 419. The lowest BCUT2D eigenvalue weighted by Crippen LogP contribution is -2.41. The lowest BCUT2D eigenvalue weighted by Gasteiger charge is -2.40. The molecule has 0 aromatic heterocycles. The summed E-state index contributed by atoms with van der Waals surface area (Å²) in [7, 11) is 0. The molecule has 0 aliphatic heterocycles. The minimum Gasteiger partial charge on any atom is -0.352 e. The second-order valence-corrected chi connectivity index (χ2v) is 5.44. The Morgan fingerprint density at radius 3 is 2.67 bits per heavy atom. The molecule has 0 spiro atoms. The molecule has 3 heteroatoms. The quantitative estimate of drug-likeness (QED) is 0.836. The van der Waals surface area contributed by atoms with Crippen molar-refractivity contribution < 1.29 is 4.79 Å². The van der Waals surface area contributed by atoms with Crippen LogP contribution < -0.4 is 11.1 Å². The van der Waals surface area contributed by atoms with E-state index in [-0.39, 0.29) is 11.3 Å². The molecule has 98 valence electrons. The van der Waals surface area contributed by atoms with Crippen molar-refractivity contribution in [1.29, 1.82) is 0 Å². The van der Waals surface area contributed by atoms with Crippen LogP contribution in [0, 0.1) is 12.3 Å². The average Bonchev–Trinajstić information content (AvgIpc) is 2.33. The fourth-order valence-corrected chi connectivity index (χ4v) is 2.54. The molecule has 1 aromatic rings. The van der Waals surface area contributed by atoms with Crippen LogP contribution in [0.3, 0.4) is 0 Å². The molecule has 18 heavy (non-hydrogen) atoms. The van der Waals surface area contributed by atoms with Gasteiger partial charge in [0, 0.05) is 13.0 Å². The van der Waals surface area contributed by atoms with Crippen molar-refractivity contribution in [2.75, 3.05) is 6.54 Å². The van der Waals surface area contributed by atoms with Crippen molar-refractivity contribution in [3.05, 3.63) is 35.4 Å². The SMILES string of the molecule is Cc1ccccc1CNC(=O)CC1(CN)CCC1. The van der Waals surface area contributed by atoms with Gasteiger partial charge in [0.15, 0.2) is 0 Å². The van der Waals surface area contributed by atoms with E-state index in [0.29, 0.717) is 19.5 Å². The van der Waals surface area contributed by atoms with Gasteiger partial charge in [-0.3, -0.25) is 4.79 Å². The van der Waals surface area contributed by atoms with Crippen LogP contribution in [0.5, 0.6) is 0 Å². The van der Waals surface area contributed by atoms with E-state index < -0.39 is 0 Å². The molecular weight excluding hydrogens is 224 g/mol. The third-order valence-corrected chi connectivity index (χ3v) is 4.12. The van der Waals surface area contributed by atoms with Crippen LogP contribution in [0.4, 0.5) is 0 Å². The van der Waals surface area contributed by atoms with Crippen LogP contribution in [0.15, 0.2) is 24.3 Å². The van der Waals surface area contributed by atoms with Crippen molar-refractivity contribution in [3.63, 3.8) is 0 Å². The van der Waals surface area contributed by atoms with Crippen LogP contribution in [0.25, 0.3) is 0 Å². The van der Waals surface area contributed by atoms with Crippen LogP contribution in [0.2, 0.25) is 0 Å². The number of amides is 1. The average molecular weight is 246 g/mol. The molecule has 2 rings (SSSR count). The number of benzene rings is 1. The van der Waals surface area contributed by atoms with E-state index in [1.807, 2.05) is 12.1 Å². The van der Waals surface area contributed by atoms with E-state index in [9.17, 15) is 4.79 Å². The first kappa shape index (κ1) is 13.1. The Labute approximate surface area is 109 Å². The molecule has 0 unspecified atom stereocenters. The Morgan fingerprint density at radius 1 is 1.39 bits per heavy atom. The highest BCUT2D eigenvalue weighted by Gasteiger charge is 2.37. The molecular formula is C15H22N2O. The lowest BCUT2D eigenvalue weighted by atomic mass is 9.66. The smallest absolute Gasteiger partial charge is 0.220 e. The Kier molecular flexibility index (Phi) is 4.02. The molecule has 0 radical (unpaired) electrons. The highest BCUT2D eigenvalue weighted by Crippen LogP contribution is 2.42. The summed E-state index contributed by atoms with van der Waals surface area (Å²) in [6, 6.07) is 8.13. The summed E-state index contributed by atoms with van der Waals surface area (Å²) >= 11 is 0. The van der Waals surface area contributed by atoms with E-state index in [1.54, 1.807) is 0 Å². The van der Waals surface area contributed by atoms with Gasteiger partial charge in [-0.15, -0.1) is 0 Å². The third-order valence-electron chi connectivity index (χ3n) is 4.12. The van der Waals surface area contributed by atoms with Gasteiger partial charge in [0.2, 0.25) is 5.91 Å². The summed E-state index contributed by atoms with van der Waals surface area (Å²) in [5.74, 6) is 0.128. The van der Waals surface area contributed by atoms with Crippen LogP contribution >= 0.6 is 0 Å². The first-order valence-corrected chi connectivity index (χ1v) is 6.66. The number of hydrogen-bond donors (Lipinski definition) is 2. The molecule has 1 saturated carbocycles. The molecule has 3 nitrogen and oxygen atoms in total. The fourth-order valence-electron chi connectivity index (χ4n) is 2.54. The zero-order chi connectivity index (χ0) is 13.0. The maximum absolute atomic E-state index is 11.9. The van der Waals surface area contributed by atoms with Gasteiger partial charge in [0.05, 0.1) is 0 Å². The zero-order valence-electron chi connectivity index (χ0n) is 11.0. The van der Waals surface area contributed by atoms with Crippen molar-refractivity contribution in [1.82, 2.24) is 5.32 Å². The van der Waals surface area contributed by atoms with E-state index in [0.717, 1.165) is 12.8 Å². The van der Waals surface area contributed by atoms with Crippen LogP contribution in [0.1, 0.15) is 36.8 Å². The van der Waals surface area contributed by atoms with Crippen LogP contribution in [-0.2, 0) is 11.3 Å². The zero-order valence-corrected chi connectivity index (χ0v) is 11.0. The molecule has 0 bridgehead atoms. The van der Waals surface area contributed by atoms with Gasteiger partial charge >= 0.3 is 0 Å². The Hall–Kier alpha value is -1.35. The molecule has 0 heterocycles. The topological polar surface area (TPSA) is 55.1 Å². The predicted octanol–water partition coefficient (Wildman–Crippen LogP) is 2.13. The minimum atomic E-state index is 0.0931. The highest BCUT2D eigenvalue weighted by atomic mass is 16.1. The summed E-state index contributed by atoms with van der Waals surface area (Å²) in [4.78, 5) is 11.9. The molecule has 3 N–H and O–H groups in total. The molecule has 1 aromatic carbocycles. The molecule has 1 aliphatic carbocycles. The summed E-state index contributed by atoms with van der Waals surface area (Å²) < 4.78 is 0. The first-order valence-electron chi connectivity index (χ1n) is 6.66. The number of carbonyl (C=O) groups excluding carboxylic acids is 1. The number of rotatable bonds is 5. The largest absolute Gasteiger partial charge is 0.352 e. The van der Waals surface area contributed by atoms with E-state index in [1.165, 1.54) is 17.5 Å². The number of hydrogen-bond acceptors (Lipinski definition) is 2. The maximum Gasteiger partial charge on any atom is 0.220 e. The fraction of sp³-hybridized carbons (Fsp3) is 0.533.